The molecular formula is C26H31Cl3N2. The molecule has 5 heteroatoms. The SMILES string of the molecule is Clc1ccc(C2CN(C3CCC4(CCCC4)CC3)CCN2c2ccc(Cl)cc2Cl)cc1. The highest BCUT2D eigenvalue weighted by Crippen LogP contribution is 2.50. The Morgan fingerprint density at radius 2 is 1.45 bits per heavy atom. The van der Waals surface area contributed by atoms with E-state index >= 15 is 0 Å². The quantitative estimate of drug-likeness (QED) is 0.441. The minimum Gasteiger partial charge on any atom is -0.361 e. The van der Waals surface area contributed by atoms with Crippen LogP contribution in [0.4, 0.5) is 5.69 Å². The van der Waals surface area contributed by atoms with E-state index in [2.05, 4.69) is 28.0 Å². The van der Waals surface area contributed by atoms with Gasteiger partial charge in [-0.15, -0.1) is 0 Å². The van der Waals surface area contributed by atoms with Gasteiger partial charge in [-0.05, 0) is 79.8 Å². The molecule has 1 aliphatic heterocycles. The van der Waals surface area contributed by atoms with Crippen LogP contribution in [-0.4, -0.2) is 30.6 Å². The predicted octanol–water partition coefficient (Wildman–Crippen LogP) is 8.01. The lowest BCUT2D eigenvalue weighted by Crippen LogP contribution is -2.53. The first kappa shape index (κ1) is 21.9. The Balaban J connectivity index is 1.37. The standard InChI is InChI=1S/C26H31Cl3N2/c27-20-5-3-19(4-6-20)25-18-30(22-9-13-26(14-10-22)11-1-2-12-26)15-16-31(25)24-8-7-21(28)17-23(24)29/h3-8,17,22,25H,1-2,9-16,18H2. The van der Waals surface area contributed by atoms with E-state index < -0.39 is 0 Å². The molecular weight excluding hydrogens is 447 g/mol. The number of benzene rings is 2. The summed E-state index contributed by atoms with van der Waals surface area (Å²) in [5.41, 5.74) is 3.05. The van der Waals surface area contributed by atoms with Crippen molar-refractivity contribution >= 4 is 40.5 Å². The third kappa shape index (κ3) is 4.60. The molecule has 0 bridgehead atoms. The second kappa shape index (κ2) is 9.14. The van der Waals surface area contributed by atoms with Gasteiger partial charge in [-0.1, -0.05) is 59.8 Å². The van der Waals surface area contributed by atoms with E-state index in [4.69, 9.17) is 34.8 Å². The minimum atomic E-state index is 0.257. The van der Waals surface area contributed by atoms with Crippen molar-refractivity contribution in [3.63, 3.8) is 0 Å². The summed E-state index contributed by atoms with van der Waals surface area (Å²) in [5.74, 6) is 0. The molecule has 1 spiro atoms. The number of halogens is 3. The summed E-state index contributed by atoms with van der Waals surface area (Å²) >= 11 is 19.0. The highest BCUT2D eigenvalue weighted by Gasteiger charge is 2.40. The predicted molar refractivity (Wildman–Crippen MR) is 133 cm³/mol. The summed E-state index contributed by atoms with van der Waals surface area (Å²) in [5, 5.41) is 2.18. The average Bonchev–Trinajstić information content (AvgIpc) is 3.23. The van der Waals surface area contributed by atoms with E-state index in [1.165, 1.54) is 56.9 Å². The van der Waals surface area contributed by atoms with Crippen molar-refractivity contribution in [1.29, 1.82) is 0 Å². The van der Waals surface area contributed by atoms with Crippen LogP contribution in [0.25, 0.3) is 0 Å². The van der Waals surface area contributed by atoms with Crippen molar-refractivity contribution < 1.29 is 0 Å². The molecule has 1 saturated heterocycles. The van der Waals surface area contributed by atoms with E-state index in [1.807, 2.05) is 24.3 Å². The molecule has 3 fully saturated rings. The minimum absolute atomic E-state index is 0.257. The number of anilines is 1. The Bertz CT molecular complexity index is 897. The second-order valence-corrected chi connectivity index (χ2v) is 11.1. The van der Waals surface area contributed by atoms with Gasteiger partial charge in [-0.25, -0.2) is 0 Å². The van der Waals surface area contributed by atoms with E-state index in [-0.39, 0.29) is 6.04 Å². The maximum Gasteiger partial charge on any atom is 0.0670 e. The number of hydrogen-bond acceptors (Lipinski definition) is 2. The zero-order chi connectivity index (χ0) is 21.4. The van der Waals surface area contributed by atoms with Gasteiger partial charge in [-0.2, -0.15) is 0 Å². The Labute approximate surface area is 201 Å². The molecule has 2 nitrogen and oxygen atoms in total. The Morgan fingerprint density at radius 3 is 2.13 bits per heavy atom. The van der Waals surface area contributed by atoms with Crippen molar-refractivity contribution in [1.82, 2.24) is 4.90 Å². The molecule has 2 aromatic carbocycles. The lowest BCUT2D eigenvalue weighted by molar-refractivity contribution is 0.0769. The van der Waals surface area contributed by atoms with Crippen molar-refractivity contribution in [2.75, 3.05) is 24.5 Å². The fraction of sp³-hybridized carbons (Fsp3) is 0.538. The number of piperazine rings is 1. The van der Waals surface area contributed by atoms with Gasteiger partial charge in [0.05, 0.1) is 16.8 Å². The molecule has 0 radical (unpaired) electrons. The molecule has 3 aliphatic rings. The van der Waals surface area contributed by atoms with Crippen LogP contribution in [0, 0.1) is 5.41 Å². The first-order valence-corrected chi connectivity index (χ1v) is 12.9. The third-order valence-electron chi connectivity index (χ3n) is 8.08. The van der Waals surface area contributed by atoms with Crippen LogP contribution in [0.2, 0.25) is 15.1 Å². The average molecular weight is 478 g/mol. The zero-order valence-corrected chi connectivity index (χ0v) is 20.3. The van der Waals surface area contributed by atoms with Gasteiger partial charge in [0, 0.05) is 35.7 Å². The van der Waals surface area contributed by atoms with Crippen LogP contribution in [0.5, 0.6) is 0 Å². The fourth-order valence-electron chi connectivity index (χ4n) is 6.31. The van der Waals surface area contributed by atoms with Crippen LogP contribution in [0.1, 0.15) is 63.0 Å². The van der Waals surface area contributed by atoms with E-state index in [1.54, 1.807) is 0 Å². The maximum absolute atomic E-state index is 6.63. The first-order valence-electron chi connectivity index (χ1n) is 11.7. The van der Waals surface area contributed by atoms with Crippen LogP contribution in [0.3, 0.4) is 0 Å². The molecule has 31 heavy (non-hydrogen) atoms. The molecule has 2 aliphatic carbocycles. The monoisotopic (exact) mass is 476 g/mol. The molecule has 1 heterocycles. The van der Waals surface area contributed by atoms with Crippen molar-refractivity contribution in [2.45, 2.75) is 63.5 Å². The second-order valence-electron chi connectivity index (χ2n) is 9.79. The normalized spacial score (nSPS) is 24.7. The smallest absolute Gasteiger partial charge is 0.0670 e. The Hall–Kier alpha value is -0.930. The van der Waals surface area contributed by atoms with Gasteiger partial charge in [0.2, 0.25) is 0 Å². The van der Waals surface area contributed by atoms with Gasteiger partial charge < -0.3 is 4.90 Å². The number of hydrogen-bond donors (Lipinski definition) is 0. The molecule has 1 unspecified atom stereocenters. The summed E-state index contributed by atoms with van der Waals surface area (Å²) in [4.78, 5) is 5.21. The lowest BCUT2D eigenvalue weighted by atomic mass is 9.71. The van der Waals surface area contributed by atoms with Crippen molar-refractivity contribution in [3.8, 4) is 0 Å². The van der Waals surface area contributed by atoms with Crippen LogP contribution >= 0.6 is 34.8 Å². The highest BCUT2D eigenvalue weighted by molar-refractivity contribution is 6.36. The highest BCUT2D eigenvalue weighted by atomic mass is 35.5. The topological polar surface area (TPSA) is 6.48 Å². The van der Waals surface area contributed by atoms with E-state index in [9.17, 15) is 0 Å². The number of rotatable bonds is 3. The first-order chi connectivity index (χ1) is 15.0. The molecule has 0 aromatic heterocycles. The molecule has 0 N–H and O–H groups in total. The van der Waals surface area contributed by atoms with Gasteiger partial charge in [0.1, 0.15) is 0 Å². The Morgan fingerprint density at radius 1 is 0.774 bits per heavy atom. The van der Waals surface area contributed by atoms with Crippen LogP contribution in [-0.2, 0) is 0 Å². The summed E-state index contributed by atoms with van der Waals surface area (Å²) < 4.78 is 0. The van der Waals surface area contributed by atoms with Crippen molar-refractivity contribution in [2.24, 2.45) is 5.41 Å². The van der Waals surface area contributed by atoms with Gasteiger partial charge in [0.25, 0.3) is 0 Å². The Kier molecular flexibility index (Phi) is 6.45. The van der Waals surface area contributed by atoms with Gasteiger partial charge in [0.15, 0.2) is 0 Å². The number of nitrogens with zero attached hydrogens (tertiary/aromatic N) is 2. The summed E-state index contributed by atoms with van der Waals surface area (Å²) in [6.07, 6.45) is 11.4. The van der Waals surface area contributed by atoms with E-state index in [0.717, 1.165) is 35.4 Å². The van der Waals surface area contributed by atoms with Crippen molar-refractivity contribution in [3.05, 3.63) is 63.1 Å². The summed E-state index contributed by atoms with van der Waals surface area (Å²) in [6, 6.07) is 15.2. The largest absolute Gasteiger partial charge is 0.361 e. The lowest BCUT2D eigenvalue weighted by Gasteiger charge is -2.48. The van der Waals surface area contributed by atoms with Crippen LogP contribution < -0.4 is 4.90 Å². The fourth-order valence-corrected chi connectivity index (χ4v) is 6.96. The maximum atomic E-state index is 6.63. The molecule has 2 aromatic rings. The molecule has 1 atom stereocenters. The van der Waals surface area contributed by atoms with E-state index in [0.29, 0.717) is 16.5 Å². The molecule has 166 valence electrons. The molecule has 0 amide bonds. The third-order valence-corrected chi connectivity index (χ3v) is 8.87. The van der Waals surface area contributed by atoms with Gasteiger partial charge >= 0.3 is 0 Å². The molecule has 5 rings (SSSR count). The summed E-state index contributed by atoms with van der Waals surface area (Å²) in [7, 11) is 0. The zero-order valence-electron chi connectivity index (χ0n) is 18.0. The van der Waals surface area contributed by atoms with Gasteiger partial charge in [-0.3, -0.25) is 4.90 Å². The summed E-state index contributed by atoms with van der Waals surface area (Å²) in [6.45, 7) is 3.08. The molecule has 2 saturated carbocycles. The van der Waals surface area contributed by atoms with Crippen LogP contribution in [0.15, 0.2) is 42.5 Å².